The molecule has 0 saturated carbocycles. The van der Waals surface area contributed by atoms with Gasteiger partial charge in [0, 0.05) is 11.8 Å². The van der Waals surface area contributed by atoms with Crippen LogP contribution in [0.2, 0.25) is 0 Å². The van der Waals surface area contributed by atoms with Crippen LogP contribution in [0, 0.1) is 11.6 Å². The van der Waals surface area contributed by atoms with Crippen molar-refractivity contribution in [1.82, 2.24) is 9.78 Å². The summed E-state index contributed by atoms with van der Waals surface area (Å²) in [5.74, 6) is -0.683. The molecule has 0 bridgehead atoms. The van der Waals surface area contributed by atoms with Gasteiger partial charge >= 0.3 is 0 Å². The van der Waals surface area contributed by atoms with Gasteiger partial charge in [0.15, 0.2) is 0 Å². The van der Waals surface area contributed by atoms with E-state index in [9.17, 15) is 13.6 Å². The summed E-state index contributed by atoms with van der Waals surface area (Å²) in [5.41, 5.74) is 1.79. The third-order valence-corrected chi connectivity index (χ3v) is 4.24. The normalized spacial score (nSPS) is 11.0. The summed E-state index contributed by atoms with van der Waals surface area (Å²) in [6.45, 7) is 0. The van der Waals surface area contributed by atoms with Crippen molar-refractivity contribution in [2.24, 2.45) is 0 Å². The zero-order chi connectivity index (χ0) is 18.1. The molecule has 0 aliphatic heterocycles. The summed E-state index contributed by atoms with van der Waals surface area (Å²) in [4.78, 5) is 12.8. The maximum Gasteiger partial charge on any atom is 0.279 e. The topological polar surface area (TPSA) is 34.9 Å². The fourth-order valence-corrected chi connectivity index (χ4v) is 2.94. The Kier molecular flexibility index (Phi) is 4.05. The summed E-state index contributed by atoms with van der Waals surface area (Å²) in [6, 6.07) is 19.0. The van der Waals surface area contributed by atoms with Gasteiger partial charge in [0.2, 0.25) is 0 Å². The molecule has 0 aliphatic carbocycles. The summed E-state index contributed by atoms with van der Waals surface area (Å²) < 4.78 is 27.7. The van der Waals surface area contributed by atoms with E-state index in [0.717, 1.165) is 10.9 Å². The van der Waals surface area contributed by atoms with Gasteiger partial charge in [-0.15, -0.1) is 0 Å². The molecular weight excluding hydrogens is 334 g/mol. The van der Waals surface area contributed by atoms with Gasteiger partial charge < -0.3 is 0 Å². The Morgan fingerprint density at radius 3 is 2.00 bits per heavy atom. The molecule has 0 aliphatic rings. The molecule has 0 unspecified atom stereocenters. The van der Waals surface area contributed by atoms with Crippen molar-refractivity contribution in [3.8, 4) is 5.69 Å². The molecular formula is C21H14F2N2O. The first kappa shape index (κ1) is 16.1. The van der Waals surface area contributed by atoms with Gasteiger partial charge in [-0.1, -0.05) is 30.3 Å². The molecule has 1 aromatic heterocycles. The Balaban J connectivity index is 1.91. The van der Waals surface area contributed by atoms with Crippen LogP contribution < -0.4 is 5.56 Å². The SMILES string of the molecule is O=c1c2ccccc2c(Cc2ccc(F)cc2)nn1-c1ccc(F)cc1. The number of nitrogens with zero attached hydrogens (tertiary/aromatic N) is 2. The zero-order valence-electron chi connectivity index (χ0n) is 13.7. The second-order valence-corrected chi connectivity index (χ2v) is 5.99. The summed E-state index contributed by atoms with van der Waals surface area (Å²) >= 11 is 0. The van der Waals surface area contributed by atoms with Gasteiger partial charge in [0.1, 0.15) is 11.6 Å². The Morgan fingerprint density at radius 1 is 0.769 bits per heavy atom. The van der Waals surface area contributed by atoms with E-state index in [0.29, 0.717) is 23.2 Å². The van der Waals surface area contributed by atoms with Crippen molar-refractivity contribution in [3.63, 3.8) is 0 Å². The lowest BCUT2D eigenvalue weighted by Crippen LogP contribution is -2.23. The van der Waals surface area contributed by atoms with Crippen molar-refractivity contribution in [1.29, 1.82) is 0 Å². The first-order chi connectivity index (χ1) is 12.6. The minimum absolute atomic E-state index is 0.268. The van der Waals surface area contributed by atoms with Crippen molar-refractivity contribution < 1.29 is 8.78 Å². The van der Waals surface area contributed by atoms with Crippen LogP contribution in [0.3, 0.4) is 0 Å². The molecule has 3 nitrogen and oxygen atoms in total. The number of aromatic nitrogens is 2. The molecule has 5 heteroatoms. The molecule has 4 rings (SSSR count). The predicted octanol–water partition coefficient (Wildman–Crippen LogP) is 4.25. The van der Waals surface area contributed by atoms with Gasteiger partial charge in [-0.25, -0.2) is 8.78 Å². The van der Waals surface area contributed by atoms with E-state index in [2.05, 4.69) is 5.10 Å². The molecule has 0 spiro atoms. The highest BCUT2D eigenvalue weighted by molar-refractivity contribution is 5.84. The number of fused-ring (bicyclic) bond motifs is 1. The molecule has 1 heterocycles. The number of halogens is 2. The second-order valence-electron chi connectivity index (χ2n) is 5.99. The molecule has 26 heavy (non-hydrogen) atoms. The molecule has 128 valence electrons. The third-order valence-electron chi connectivity index (χ3n) is 4.24. The molecule has 4 aromatic rings. The van der Waals surface area contributed by atoms with Gasteiger partial charge in [-0.05, 0) is 48.0 Å². The molecule has 0 radical (unpaired) electrons. The smallest absolute Gasteiger partial charge is 0.267 e. The highest BCUT2D eigenvalue weighted by Crippen LogP contribution is 2.18. The monoisotopic (exact) mass is 348 g/mol. The quantitative estimate of drug-likeness (QED) is 0.555. The highest BCUT2D eigenvalue weighted by atomic mass is 19.1. The number of hydrogen-bond donors (Lipinski definition) is 0. The molecule has 0 atom stereocenters. The Hall–Kier alpha value is -3.34. The van der Waals surface area contributed by atoms with Crippen LogP contribution in [0.5, 0.6) is 0 Å². The fourth-order valence-electron chi connectivity index (χ4n) is 2.94. The van der Waals surface area contributed by atoms with E-state index in [-0.39, 0.29) is 17.2 Å². The summed E-state index contributed by atoms with van der Waals surface area (Å²) in [7, 11) is 0. The average molecular weight is 348 g/mol. The van der Waals surface area contributed by atoms with Crippen molar-refractivity contribution in [2.45, 2.75) is 6.42 Å². The molecule has 0 N–H and O–H groups in total. The molecule has 0 fully saturated rings. The zero-order valence-corrected chi connectivity index (χ0v) is 13.7. The van der Waals surface area contributed by atoms with Crippen LogP contribution in [0.1, 0.15) is 11.3 Å². The Labute approximate surface area is 148 Å². The van der Waals surface area contributed by atoms with E-state index in [1.54, 1.807) is 24.3 Å². The standard InChI is InChI=1S/C21H14F2N2O/c22-15-7-5-14(6-8-15)13-20-18-3-1-2-4-19(18)21(26)25(24-20)17-11-9-16(23)10-12-17/h1-12H,13H2. The van der Waals surface area contributed by atoms with Crippen molar-refractivity contribution in [3.05, 3.63) is 106 Å². The lowest BCUT2D eigenvalue weighted by Gasteiger charge is -2.11. The molecule has 0 amide bonds. The summed E-state index contributed by atoms with van der Waals surface area (Å²) in [5, 5.41) is 5.79. The van der Waals surface area contributed by atoms with Gasteiger partial charge in [0.25, 0.3) is 5.56 Å². The first-order valence-electron chi connectivity index (χ1n) is 8.13. The van der Waals surface area contributed by atoms with Crippen molar-refractivity contribution >= 4 is 10.8 Å². The molecule has 0 saturated heterocycles. The lowest BCUT2D eigenvalue weighted by molar-refractivity contribution is 0.626. The Morgan fingerprint density at radius 2 is 1.35 bits per heavy atom. The lowest BCUT2D eigenvalue weighted by atomic mass is 10.0. The van der Waals surface area contributed by atoms with E-state index in [4.69, 9.17) is 0 Å². The first-order valence-corrected chi connectivity index (χ1v) is 8.13. The average Bonchev–Trinajstić information content (AvgIpc) is 2.67. The Bertz CT molecular complexity index is 1130. The highest BCUT2D eigenvalue weighted by Gasteiger charge is 2.12. The van der Waals surface area contributed by atoms with Gasteiger partial charge in [-0.2, -0.15) is 9.78 Å². The van der Waals surface area contributed by atoms with E-state index >= 15 is 0 Å². The van der Waals surface area contributed by atoms with Crippen molar-refractivity contribution in [2.75, 3.05) is 0 Å². The van der Waals surface area contributed by atoms with Crippen LogP contribution >= 0.6 is 0 Å². The maximum absolute atomic E-state index is 13.2. The van der Waals surface area contributed by atoms with Crippen LogP contribution in [0.4, 0.5) is 8.78 Å². The predicted molar refractivity (Wildman–Crippen MR) is 96.5 cm³/mol. The third kappa shape index (κ3) is 2.99. The van der Waals surface area contributed by atoms with Crippen LogP contribution in [0.15, 0.2) is 77.6 Å². The van der Waals surface area contributed by atoms with Gasteiger partial charge in [0.05, 0.1) is 16.8 Å². The number of hydrogen-bond acceptors (Lipinski definition) is 2. The second kappa shape index (κ2) is 6.52. The van der Waals surface area contributed by atoms with Crippen LogP contribution in [-0.2, 0) is 6.42 Å². The van der Waals surface area contributed by atoms with Crippen LogP contribution in [-0.4, -0.2) is 9.78 Å². The van der Waals surface area contributed by atoms with E-state index in [1.165, 1.54) is 41.1 Å². The minimum Gasteiger partial charge on any atom is -0.267 e. The van der Waals surface area contributed by atoms with Gasteiger partial charge in [-0.3, -0.25) is 4.79 Å². The van der Waals surface area contributed by atoms with E-state index < -0.39 is 0 Å². The minimum atomic E-state index is -0.380. The fraction of sp³-hybridized carbons (Fsp3) is 0.0476. The summed E-state index contributed by atoms with van der Waals surface area (Å²) in [6.07, 6.45) is 0.447. The number of rotatable bonds is 3. The van der Waals surface area contributed by atoms with Crippen LogP contribution in [0.25, 0.3) is 16.5 Å². The largest absolute Gasteiger partial charge is 0.279 e. The number of benzene rings is 3. The molecule has 3 aromatic carbocycles. The maximum atomic E-state index is 13.2. The van der Waals surface area contributed by atoms with E-state index in [1.807, 2.05) is 12.1 Å².